The first-order valence-corrected chi connectivity index (χ1v) is 5.08. The minimum absolute atomic E-state index is 0. The van der Waals surface area contributed by atoms with Gasteiger partial charge in [-0.1, -0.05) is 60.2 Å². The molecule has 0 atom stereocenters. The molecule has 1 radical (unpaired) electrons. The number of hydrogen-bond donors (Lipinski definition) is 1. The maximum atomic E-state index is 5.38. The van der Waals surface area contributed by atoms with Gasteiger partial charge >= 0.3 is 0 Å². The minimum Gasteiger partial charge on any atom is -0.483 e. The SMILES string of the molecule is N[CH-]Cc1ccc(-c2ccccc2)cc1.[Co]. The van der Waals surface area contributed by atoms with Crippen molar-refractivity contribution >= 4 is 0 Å². The Morgan fingerprint density at radius 2 is 1.38 bits per heavy atom. The number of hydrogen-bond acceptors (Lipinski definition) is 1. The quantitative estimate of drug-likeness (QED) is 0.838. The van der Waals surface area contributed by atoms with Gasteiger partial charge in [0.2, 0.25) is 0 Å². The van der Waals surface area contributed by atoms with Crippen molar-refractivity contribution in [2.45, 2.75) is 6.42 Å². The summed E-state index contributed by atoms with van der Waals surface area (Å²) in [4.78, 5) is 0. The van der Waals surface area contributed by atoms with Crippen molar-refractivity contribution in [2.24, 2.45) is 5.73 Å². The molecule has 0 saturated carbocycles. The van der Waals surface area contributed by atoms with E-state index in [1.807, 2.05) is 6.07 Å². The Balaban J connectivity index is 0.00000128. The summed E-state index contributed by atoms with van der Waals surface area (Å²) in [6.07, 6.45) is 0.828. The van der Waals surface area contributed by atoms with Gasteiger partial charge in [0.25, 0.3) is 0 Å². The predicted molar refractivity (Wildman–Crippen MR) is 64.1 cm³/mol. The van der Waals surface area contributed by atoms with Crippen LogP contribution in [-0.4, -0.2) is 0 Å². The molecular weight excluding hydrogens is 241 g/mol. The summed E-state index contributed by atoms with van der Waals surface area (Å²) in [5.74, 6) is 0. The monoisotopic (exact) mass is 255 g/mol. The molecule has 2 rings (SSSR count). The normalized spacial score (nSPS) is 9.56. The van der Waals surface area contributed by atoms with Crippen LogP contribution in [0.3, 0.4) is 0 Å². The first kappa shape index (κ1) is 13.0. The average Bonchev–Trinajstić information content (AvgIpc) is 2.32. The van der Waals surface area contributed by atoms with Crippen molar-refractivity contribution in [3.8, 4) is 11.1 Å². The van der Waals surface area contributed by atoms with Crippen LogP contribution in [0, 0.1) is 6.54 Å². The third-order valence-electron chi connectivity index (χ3n) is 2.41. The van der Waals surface area contributed by atoms with Gasteiger partial charge in [0, 0.05) is 16.8 Å². The van der Waals surface area contributed by atoms with Gasteiger partial charge in [-0.3, -0.25) is 6.54 Å². The fourth-order valence-electron chi connectivity index (χ4n) is 1.60. The van der Waals surface area contributed by atoms with E-state index in [2.05, 4.69) is 48.5 Å². The summed E-state index contributed by atoms with van der Waals surface area (Å²) in [5, 5.41) is 0. The van der Waals surface area contributed by atoms with Gasteiger partial charge in [-0.25, -0.2) is 0 Å². The zero-order chi connectivity index (χ0) is 10.5. The number of rotatable bonds is 3. The molecule has 1 nitrogen and oxygen atoms in total. The van der Waals surface area contributed by atoms with E-state index >= 15 is 0 Å². The van der Waals surface area contributed by atoms with E-state index in [-0.39, 0.29) is 16.8 Å². The van der Waals surface area contributed by atoms with Crippen LogP contribution in [0.2, 0.25) is 0 Å². The molecule has 2 N–H and O–H groups in total. The molecule has 0 unspecified atom stereocenters. The van der Waals surface area contributed by atoms with Crippen LogP contribution in [0.1, 0.15) is 5.56 Å². The van der Waals surface area contributed by atoms with Gasteiger partial charge in [0.1, 0.15) is 0 Å². The second-order valence-electron chi connectivity index (χ2n) is 3.50. The molecule has 0 spiro atoms. The van der Waals surface area contributed by atoms with E-state index in [9.17, 15) is 0 Å². The summed E-state index contributed by atoms with van der Waals surface area (Å²) >= 11 is 0. The van der Waals surface area contributed by atoms with Crippen molar-refractivity contribution in [2.75, 3.05) is 0 Å². The van der Waals surface area contributed by atoms with E-state index in [0.29, 0.717) is 0 Å². The largest absolute Gasteiger partial charge is 0.483 e. The first-order valence-electron chi connectivity index (χ1n) is 5.08. The van der Waals surface area contributed by atoms with Crippen LogP contribution in [-0.2, 0) is 23.2 Å². The molecule has 2 heteroatoms. The first-order chi connectivity index (χ1) is 7.40. The standard InChI is InChI=1S/C14H14N.Co/c15-11-10-12-6-8-14(9-7-12)13-4-2-1-3-5-13;/h1-9,11H,10,15H2;/q-1;. The third kappa shape index (κ3) is 3.20. The van der Waals surface area contributed by atoms with Gasteiger partial charge in [0.05, 0.1) is 0 Å². The zero-order valence-electron chi connectivity index (χ0n) is 8.89. The van der Waals surface area contributed by atoms with Gasteiger partial charge in [-0.05, 0) is 11.1 Å². The van der Waals surface area contributed by atoms with E-state index in [1.54, 1.807) is 6.54 Å². The molecule has 0 aliphatic carbocycles. The van der Waals surface area contributed by atoms with Crippen molar-refractivity contribution in [3.63, 3.8) is 0 Å². The Hall–Kier alpha value is -1.09. The Morgan fingerprint density at radius 1 is 0.812 bits per heavy atom. The third-order valence-corrected chi connectivity index (χ3v) is 2.41. The molecule has 0 bridgehead atoms. The molecular formula is C14H14CoN-. The maximum Gasteiger partial charge on any atom is 0 e. The second kappa shape index (κ2) is 6.48. The van der Waals surface area contributed by atoms with Crippen molar-refractivity contribution < 1.29 is 16.8 Å². The second-order valence-corrected chi connectivity index (χ2v) is 3.50. The smallest absolute Gasteiger partial charge is 0 e. The van der Waals surface area contributed by atoms with Crippen LogP contribution in [0.15, 0.2) is 54.6 Å². The van der Waals surface area contributed by atoms with Crippen LogP contribution in [0.4, 0.5) is 0 Å². The maximum absolute atomic E-state index is 5.38. The summed E-state index contributed by atoms with van der Waals surface area (Å²) in [6, 6.07) is 18.9. The molecule has 85 valence electrons. The zero-order valence-corrected chi connectivity index (χ0v) is 9.93. The van der Waals surface area contributed by atoms with E-state index in [0.717, 1.165) is 6.42 Å². The molecule has 2 aromatic rings. The minimum atomic E-state index is 0. The molecule has 0 heterocycles. The molecule has 0 saturated heterocycles. The Morgan fingerprint density at radius 3 is 1.94 bits per heavy atom. The van der Waals surface area contributed by atoms with Gasteiger partial charge < -0.3 is 5.73 Å². The fourth-order valence-corrected chi connectivity index (χ4v) is 1.60. The Bertz CT molecular complexity index is 409. The molecule has 0 aliphatic heterocycles. The van der Waals surface area contributed by atoms with Crippen LogP contribution in [0.25, 0.3) is 11.1 Å². The molecule has 0 aliphatic rings. The van der Waals surface area contributed by atoms with Gasteiger partial charge in [-0.2, -0.15) is 0 Å². The number of nitrogens with two attached hydrogens (primary N) is 1. The van der Waals surface area contributed by atoms with Crippen LogP contribution >= 0.6 is 0 Å². The number of benzene rings is 2. The van der Waals surface area contributed by atoms with Gasteiger partial charge in [-0.15, -0.1) is 6.42 Å². The van der Waals surface area contributed by atoms with E-state index in [4.69, 9.17) is 5.73 Å². The molecule has 0 aromatic heterocycles. The van der Waals surface area contributed by atoms with Crippen molar-refractivity contribution in [1.29, 1.82) is 0 Å². The fraction of sp³-hybridized carbons (Fsp3) is 0.0714. The average molecular weight is 255 g/mol. The van der Waals surface area contributed by atoms with Crippen molar-refractivity contribution in [1.82, 2.24) is 0 Å². The summed E-state index contributed by atoms with van der Waals surface area (Å²) in [7, 11) is 0. The summed E-state index contributed by atoms with van der Waals surface area (Å²) in [5.41, 5.74) is 9.13. The topological polar surface area (TPSA) is 26.0 Å². The molecule has 0 amide bonds. The molecule has 2 aromatic carbocycles. The van der Waals surface area contributed by atoms with E-state index < -0.39 is 0 Å². The van der Waals surface area contributed by atoms with Crippen LogP contribution in [0.5, 0.6) is 0 Å². The summed E-state index contributed by atoms with van der Waals surface area (Å²) in [6.45, 7) is 1.68. The Kier molecular flexibility index (Phi) is 5.25. The van der Waals surface area contributed by atoms with Crippen LogP contribution < -0.4 is 5.73 Å². The van der Waals surface area contributed by atoms with Crippen molar-refractivity contribution in [3.05, 3.63) is 66.7 Å². The Labute approximate surface area is 107 Å². The molecule has 16 heavy (non-hydrogen) atoms. The molecule has 0 fully saturated rings. The predicted octanol–water partition coefficient (Wildman–Crippen LogP) is 3.01. The van der Waals surface area contributed by atoms with Gasteiger partial charge in [0.15, 0.2) is 0 Å². The van der Waals surface area contributed by atoms with E-state index in [1.165, 1.54) is 16.7 Å². The summed E-state index contributed by atoms with van der Waals surface area (Å²) < 4.78 is 0.